The van der Waals surface area contributed by atoms with E-state index >= 15 is 0 Å². The van der Waals surface area contributed by atoms with Gasteiger partial charge in [-0.1, -0.05) is 36.4 Å². The lowest BCUT2D eigenvalue weighted by Gasteiger charge is -2.26. The first-order chi connectivity index (χ1) is 11.5. The van der Waals surface area contributed by atoms with Gasteiger partial charge in [0, 0.05) is 31.9 Å². The highest BCUT2D eigenvalue weighted by molar-refractivity contribution is 5.88. The number of nitrogens with zero attached hydrogens (tertiary/aromatic N) is 1. The number of anilines is 2. The monoisotopic (exact) mass is 326 g/mol. The van der Waals surface area contributed by atoms with E-state index in [-0.39, 0.29) is 11.8 Å². The van der Waals surface area contributed by atoms with Crippen molar-refractivity contribution >= 4 is 23.2 Å². The Hall–Kier alpha value is -3.02. The van der Waals surface area contributed by atoms with Crippen LogP contribution >= 0.6 is 0 Å². The first-order valence-electron chi connectivity index (χ1n) is 7.64. The van der Waals surface area contributed by atoms with Crippen LogP contribution < -0.4 is 16.4 Å². The zero-order chi connectivity index (χ0) is 17.5. The van der Waals surface area contributed by atoms with E-state index in [2.05, 4.69) is 10.6 Å². The Morgan fingerprint density at radius 3 is 2.46 bits per heavy atom. The minimum Gasteiger partial charge on any atom is -0.399 e. The SMILES string of the molecule is CC(=O)NC(Nc1cccc(N)c1)C(=O)N(C)Cc1ccccc1. The van der Waals surface area contributed by atoms with Crippen molar-refractivity contribution in [2.45, 2.75) is 19.6 Å². The topological polar surface area (TPSA) is 87.5 Å². The summed E-state index contributed by atoms with van der Waals surface area (Å²) in [5, 5.41) is 5.65. The zero-order valence-corrected chi connectivity index (χ0v) is 13.8. The summed E-state index contributed by atoms with van der Waals surface area (Å²) >= 11 is 0. The van der Waals surface area contributed by atoms with Crippen LogP contribution in [0.3, 0.4) is 0 Å². The molecular formula is C18H22N4O2. The summed E-state index contributed by atoms with van der Waals surface area (Å²) in [6, 6.07) is 16.7. The maximum atomic E-state index is 12.7. The van der Waals surface area contributed by atoms with Gasteiger partial charge >= 0.3 is 0 Å². The van der Waals surface area contributed by atoms with Crippen LogP contribution in [0.15, 0.2) is 54.6 Å². The highest BCUT2D eigenvalue weighted by Crippen LogP contribution is 2.13. The van der Waals surface area contributed by atoms with Crippen LogP contribution in [0.2, 0.25) is 0 Å². The number of amides is 2. The van der Waals surface area contributed by atoms with E-state index in [4.69, 9.17) is 5.73 Å². The third-order valence-electron chi connectivity index (χ3n) is 3.43. The summed E-state index contributed by atoms with van der Waals surface area (Å²) in [6.07, 6.45) is -0.863. The van der Waals surface area contributed by atoms with Gasteiger partial charge in [0.2, 0.25) is 5.91 Å². The molecule has 0 aliphatic rings. The van der Waals surface area contributed by atoms with Gasteiger partial charge in [-0.2, -0.15) is 0 Å². The molecule has 0 spiro atoms. The Kier molecular flexibility index (Phi) is 5.78. The number of hydrogen-bond acceptors (Lipinski definition) is 4. The second kappa shape index (κ2) is 8.01. The highest BCUT2D eigenvalue weighted by atomic mass is 16.2. The van der Waals surface area contributed by atoms with Gasteiger partial charge in [-0.25, -0.2) is 0 Å². The van der Waals surface area contributed by atoms with E-state index in [1.807, 2.05) is 30.3 Å². The van der Waals surface area contributed by atoms with Crippen molar-refractivity contribution in [3.8, 4) is 0 Å². The maximum Gasteiger partial charge on any atom is 0.265 e. The van der Waals surface area contributed by atoms with E-state index in [9.17, 15) is 9.59 Å². The molecule has 2 amide bonds. The molecule has 4 N–H and O–H groups in total. The van der Waals surface area contributed by atoms with Crippen LogP contribution in [0, 0.1) is 0 Å². The minimum absolute atomic E-state index is 0.239. The van der Waals surface area contributed by atoms with Crippen LogP contribution in [0.5, 0.6) is 0 Å². The largest absolute Gasteiger partial charge is 0.399 e. The van der Waals surface area contributed by atoms with Crippen LogP contribution in [0.1, 0.15) is 12.5 Å². The first-order valence-corrected chi connectivity index (χ1v) is 7.64. The lowest BCUT2D eigenvalue weighted by atomic mass is 10.2. The Morgan fingerprint density at radius 2 is 1.83 bits per heavy atom. The number of likely N-dealkylation sites (N-methyl/N-ethyl adjacent to an activating group) is 1. The number of nitrogens with two attached hydrogens (primary N) is 1. The summed E-state index contributed by atoms with van der Waals surface area (Å²) < 4.78 is 0. The van der Waals surface area contributed by atoms with Gasteiger partial charge < -0.3 is 21.3 Å². The molecular weight excluding hydrogens is 304 g/mol. The van der Waals surface area contributed by atoms with Crippen LogP contribution in [0.25, 0.3) is 0 Å². The van der Waals surface area contributed by atoms with Gasteiger partial charge in [0.25, 0.3) is 5.91 Å². The second-order valence-electron chi connectivity index (χ2n) is 5.58. The van der Waals surface area contributed by atoms with Crippen LogP contribution in [0.4, 0.5) is 11.4 Å². The van der Waals surface area contributed by atoms with E-state index in [0.717, 1.165) is 5.56 Å². The molecule has 0 saturated heterocycles. The zero-order valence-electron chi connectivity index (χ0n) is 13.8. The number of carbonyl (C=O) groups excluding carboxylic acids is 2. The Morgan fingerprint density at radius 1 is 1.12 bits per heavy atom. The number of rotatable bonds is 6. The molecule has 0 bridgehead atoms. The first kappa shape index (κ1) is 17.3. The average Bonchev–Trinajstić information content (AvgIpc) is 2.54. The van der Waals surface area contributed by atoms with Gasteiger partial charge in [0.05, 0.1) is 0 Å². The molecule has 0 fully saturated rings. The fourth-order valence-electron chi connectivity index (χ4n) is 2.31. The van der Waals surface area contributed by atoms with Gasteiger partial charge in [-0.15, -0.1) is 0 Å². The quantitative estimate of drug-likeness (QED) is 0.558. The molecule has 0 saturated carbocycles. The number of nitrogens with one attached hydrogen (secondary N) is 2. The Bertz CT molecular complexity index is 703. The van der Waals surface area contributed by atoms with Crippen LogP contribution in [-0.4, -0.2) is 29.9 Å². The van der Waals surface area contributed by atoms with Gasteiger partial charge in [0.15, 0.2) is 6.17 Å². The molecule has 0 heterocycles. The summed E-state index contributed by atoms with van der Waals surface area (Å²) in [7, 11) is 1.70. The molecule has 0 aromatic heterocycles. The average molecular weight is 326 g/mol. The van der Waals surface area contributed by atoms with E-state index in [1.54, 1.807) is 36.2 Å². The van der Waals surface area contributed by atoms with Gasteiger partial charge in [-0.05, 0) is 23.8 Å². The van der Waals surface area contributed by atoms with Crippen LogP contribution in [-0.2, 0) is 16.1 Å². The van der Waals surface area contributed by atoms with E-state index in [1.165, 1.54) is 6.92 Å². The second-order valence-corrected chi connectivity index (χ2v) is 5.58. The van der Waals surface area contributed by atoms with E-state index < -0.39 is 6.17 Å². The lowest BCUT2D eigenvalue weighted by molar-refractivity contribution is -0.134. The molecule has 0 aliphatic carbocycles. The van der Waals surface area contributed by atoms with Crippen molar-refractivity contribution in [1.29, 1.82) is 0 Å². The molecule has 24 heavy (non-hydrogen) atoms. The third-order valence-corrected chi connectivity index (χ3v) is 3.43. The molecule has 1 atom stereocenters. The number of hydrogen-bond donors (Lipinski definition) is 3. The smallest absolute Gasteiger partial charge is 0.265 e. The Balaban J connectivity index is 2.10. The minimum atomic E-state index is -0.863. The fourth-order valence-corrected chi connectivity index (χ4v) is 2.31. The molecule has 0 aliphatic heterocycles. The molecule has 1 unspecified atom stereocenters. The van der Waals surface area contributed by atoms with Crippen molar-refractivity contribution < 1.29 is 9.59 Å². The van der Waals surface area contributed by atoms with Gasteiger partial charge in [0.1, 0.15) is 0 Å². The predicted molar refractivity (Wildman–Crippen MR) is 95.0 cm³/mol. The number of benzene rings is 2. The summed E-state index contributed by atoms with van der Waals surface area (Å²) in [6.45, 7) is 1.83. The van der Waals surface area contributed by atoms with Crippen molar-refractivity contribution in [3.05, 3.63) is 60.2 Å². The molecule has 6 heteroatoms. The number of nitrogen functional groups attached to an aromatic ring is 1. The van der Waals surface area contributed by atoms with E-state index in [0.29, 0.717) is 17.9 Å². The standard InChI is InChI=1S/C18H22N4O2/c1-13(23)20-17(21-16-10-6-9-15(19)11-16)18(24)22(2)12-14-7-4-3-5-8-14/h3-11,17,21H,12,19H2,1-2H3,(H,20,23). The summed E-state index contributed by atoms with van der Waals surface area (Å²) in [4.78, 5) is 25.7. The van der Waals surface area contributed by atoms with Crippen molar-refractivity contribution in [2.75, 3.05) is 18.1 Å². The fraction of sp³-hybridized carbons (Fsp3) is 0.222. The molecule has 126 valence electrons. The third kappa shape index (κ3) is 5.01. The van der Waals surface area contributed by atoms with Gasteiger partial charge in [-0.3, -0.25) is 9.59 Å². The summed E-state index contributed by atoms with van der Waals surface area (Å²) in [5.74, 6) is -0.533. The maximum absolute atomic E-state index is 12.7. The predicted octanol–water partition coefficient (Wildman–Crippen LogP) is 1.80. The lowest BCUT2D eigenvalue weighted by Crippen LogP contribution is -2.51. The molecule has 2 aromatic rings. The number of carbonyl (C=O) groups is 2. The van der Waals surface area contributed by atoms with Crippen molar-refractivity contribution in [3.63, 3.8) is 0 Å². The van der Waals surface area contributed by atoms with Crippen molar-refractivity contribution in [2.24, 2.45) is 0 Å². The normalized spacial score (nSPS) is 11.4. The molecule has 2 aromatic carbocycles. The molecule has 6 nitrogen and oxygen atoms in total. The van der Waals surface area contributed by atoms with Crippen molar-refractivity contribution in [1.82, 2.24) is 10.2 Å². The molecule has 0 radical (unpaired) electrons. The Labute approximate surface area is 141 Å². The summed E-state index contributed by atoms with van der Waals surface area (Å²) in [5.41, 5.74) is 8.00. The molecule has 2 rings (SSSR count). The highest BCUT2D eigenvalue weighted by Gasteiger charge is 2.23.